The lowest BCUT2D eigenvalue weighted by Gasteiger charge is -2.13. The molecule has 0 amide bonds. The smallest absolute Gasteiger partial charge is 0.169 e. The van der Waals surface area contributed by atoms with Gasteiger partial charge in [0.25, 0.3) is 0 Å². The minimum Gasteiger partial charge on any atom is -0.494 e. The van der Waals surface area contributed by atoms with Crippen LogP contribution in [-0.4, -0.2) is 20.2 Å². The highest BCUT2D eigenvalue weighted by Crippen LogP contribution is 2.30. The second kappa shape index (κ2) is 5.15. The zero-order valence-corrected chi connectivity index (χ0v) is 10.8. The third kappa shape index (κ3) is 2.38. The molecule has 1 aliphatic heterocycles. The maximum Gasteiger partial charge on any atom is 0.169 e. The number of nitrogens with one attached hydrogen (secondary N) is 1. The highest BCUT2D eigenvalue weighted by atomic mass is 79.9. The zero-order valence-electron chi connectivity index (χ0n) is 9.22. The molecule has 0 spiro atoms. The van der Waals surface area contributed by atoms with Gasteiger partial charge in [-0.1, -0.05) is 15.9 Å². The lowest BCUT2D eigenvalue weighted by Crippen LogP contribution is -2.12. The maximum absolute atomic E-state index is 14.0. The van der Waals surface area contributed by atoms with Gasteiger partial charge >= 0.3 is 0 Å². The summed E-state index contributed by atoms with van der Waals surface area (Å²) < 4.78 is 19.8. The molecule has 1 saturated heterocycles. The molecular weight excluding hydrogens is 273 g/mol. The van der Waals surface area contributed by atoms with E-state index >= 15 is 0 Å². The molecule has 0 aliphatic carbocycles. The average molecular weight is 288 g/mol. The molecule has 1 aromatic rings. The number of benzene rings is 1. The molecular formula is C12H15BrFNO. The fourth-order valence-electron chi connectivity index (χ4n) is 2.10. The molecule has 1 heterocycles. The summed E-state index contributed by atoms with van der Waals surface area (Å²) in [6, 6.07) is 3.50. The Morgan fingerprint density at radius 1 is 1.56 bits per heavy atom. The number of rotatable bonds is 3. The third-order valence-corrected chi connectivity index (χ3v) is 3.77. The first-order chi connectivity index (χ1) is 7.72. The van der Waals surface area contributed by atoms with E-state index in [0.717, 1.165) is 36.0 Å². The molecule has 1 unspecified atom stereocenters. The first kappa shape index (κ1) is 11.9. The summed E-state index contributed by atoms with van der Waals surface area (Å²) in [5.74, 6) is 0.617. The van der Waals surface area contributed by atoms with Crippen LogP contribution in [0.3, 0.4) is 0 Å². The van der Waals surface area contributed by atoms with Gasteiger partial charge in [-0.2, -0.15) is 0 Å². The monoisotopic (exact) mass is 287 g/mol. The molecule has 0 saturated carbocycles. The van der Waals surface area contributed by atoms with Gasteiger partial charge in [-0.15, -0.1) is 0 Å². The Morgan fingerprint density at radius 3 is 3.00 bits per heavy atom. The molecule has 0 radical (unpaired) electrons. The van der Waals surface area contributed by atoms with E-state index in [4.69, 9.17) is 4.74 Å². The molecule has 16 heavy (non-hydrogen) atoms. The maximum atomic E-state index is 14.0. The first-order valence-corrected chi connectivity index (χ1v) is 6.23. The van der Waals surface area contributed by atoms with Crippen molar-refractivity contribution >= 4 is 15.9 Å². The SMILES string of the molecule is COc1ccc(Br)c(CC2CCNC2)c1F. The molecule has 2 nitrogen and oxygen atoms in total. The quantitative estimate of drug-likeness (QED) is 0.923. The van der Waals surface area contributed by atoms with Gasteiger partial charge in [-0.3, -0.25) is 0 Å². The van der Waals surface area contributed by atoms with Crippen molar-refractivity contribution in [2.45, 2.75) is 12.8 Å². The Balaban J connectivity index is 2.23. The normalized spacial score (nSPS) is 20.1. The van der Waals surface area contributed by atoms with Gasteiger partial charge in [0.15, 0.2) is 11.6 Å². The molecule has 4 heteroatoms. The van der Waals surface area contributed by atoms with E-state index in [-0.39, 0.29) is 5.82 Å². The van der Waals surface area contributed by atoms with E-state index in [1.807, 2.05) is 6.07 Å². The van der Waals surface area contributed by atoms with Crippen LogP contribution >= 0.6 is 15.9 Å². The van der Waals surface area contributed by atoms with Crippen molar-refractivity contribution in [1.29, 1.82) is 0 Å². The Kier molecular flexibility index (Phi) is 3.82. The highest BCUT2D eigenvalue weighted by Gasteiger charge is 2.20. The van der Waals surface area contributed by atoms with E-state index < -0.39 is 0 Å². The van der Waals surface area contributed by atoms with Crippen LogP contribution in [-0.2, 0) is 6.42 Å². The fraction of sp³-hybridized carbons (Fsp3) is 0.500. The second-order valence-electron chi connectivity index (χ2n) is 4.11. The minimum atomic E-state index is -0.233. The Labute approximate surface area is 103 Å². The van der Waals surface area contributed by atoms with Crippen molar-refractivity contribution < 1.29 is 9.13 Å². The number of ether oxygens (including phenoxy) is 1. The summed E-state index contributed by atoms with van der Waals surface area (Å²) in [7, 11) is 1.49. The van der Waals surface area contributed by atoms with Crippen molar-refractivity contribution in [3.8, 4) is 5.75 Å². The molecule has 0 bridgehead atoms. The predicted octanol–water partition coefficient (Wildman–Crippen LogP) is 2.75. The summed E-state index contributed by atoms with van der Waals surface area (Å²) in [5, 5.41) is 3.29. The molecule has 1 N–H and O–H groups in total. The van der Waals surface area contributed by atoms with Gasteiger partial charge in [0.05, 0.1) is 7.11 Å². The van der Waals surface area contributed by atoms with Gasteiger partial charge in [-0.05, 0) is 44.0 Å². The molecule has 2 rings (SSSR count). The van der Waals surface area contributed by atoms with Crippen LogP contribution in [0.1, 0.15) is 12.0 Å². The van der Waals surface area contributed by atoms with Crippen molar-refractivity contribution in [2.24, 2.45) is 5.92 Å². The van der Waals surface area contributed by atoms with Gasteiger partial charge in [0.1, 0.15) is 0 Å². The van der Waals surface area contributed by atoms with Crippen LogP contribution in [0.15, 0.2) is 16.6 Å². The second-order valence-corrected chi connectivity index (χ2v) is 4.96. The number of hydrogen-bond acceptors (Lipinski definition) is 2. The van der Waals surface area contributed by atoms with Crippen molar-refractivity contribution in [3.63, 3.8) is 0 Å². The van der Waals surface area contributed by atoms with E-state index in [1.165, 1.54) is 7.11 Å². The largest absolute Gasteiger partial charge is 0.494 e. The van der Waals surface area contributed by atoms with Crippen molar-refractivity contribution in [2.75, 3.05) is 20.2 Å². The van der Waals surface area contributed by atoms with E-state index in [0.29, 0.717) is 11.7 Å². The first-order valence-electron chi connectivity index (χ1n) is 5.44. The lowest BCUT2D eigenvalue weighted by atomic mass is 9.98. The van der Waals surface area contributed by atoms with E-state index in [9.17, 15) is 4.39 Å². The topological polar surface area (TPSA) is 21.3 Å². The number of halogens is 2. The molecule has 88 valence electrons. The van der Waals surface area contributed by atoms with Crippen LogP contribution in [0.4, 0.5) is 4.39 Å². The van der Waals surface area contributed by atoms with Crippen molar-refractivity contribution in [3.05, 3.63) is 28.0 Å². The van der Waals surface area contributed by atoms with Crippen LogP contribution < -0.4 is 10.1 Å². The summed E-state index contributed by atoms with van der Waals surface area (Å²) in [6.45, 7) is 2.01. The van der Waals surface area contributed by atoms with E-state index in [2.05, 4.69) is 21.2 Å². The van der Waals surface area contributed by atoms with Crippen LogP contribution in [0.25, 0.3) is 0 Å². The number of methoxy groups -OCH3 is 1. The summed E-state index contributed by atoms with van der Waals surface area (Å²) in [5.41, 5.74) is 0.730. The van der Waals surface area contributed by atoms with Gasteiger partial charge in [-0.25, -0.2) is 4.39 Å². The van der Waals surface area contributed by atoms with Crippen LogP contribution in [0.5, 0.6) is 5.75 Å². The van der Waals surface area contributed by atoms with Gasteiger partial charge in [0, 0.05) is 10.0 Å². The highest BCUT2D eigenvalue weighted by molar-refractivity contribution is 9.10. The molecule has 1 atom stereocenters. The Morgan fingerprint density at radius 2 is 2.38 bits per heavy atom. The third-order valence-electron chi connectivity index (χ3n) is 3.03. The van der Waals surface area contributed by atoms with Crippen molar-refractivity contribution in [1.82, 2.24) is 5.32 Å². The predicted molar refractivity (Wildman–Crippen MR) is 65.3 cm³/mol. The minimum absolute atomic E-state index is 0.233. The zero-order chi connectivity index (χ0) is 11.5. The average Bonchev–Trinajstić information content (AvgIpc) is 2.77. The summed E-state index contributed by atoms with van der Waals surface area (Å²) in [4.78, 5) is 0. The summed E-state index contributed by atoms with van der Waals surface area (Å²) in [6.07, 6.45) is 1.87. The van der Waals surface area contributed by atoms with Gasteiger partial charge in [0.2, 0.25) is 0 Å². The molecule has 0 aromatic heterocycles. The standard InChI is InChI=1S/C12H15BrFNO/c1-16-11-3-2-10(13)9(12(11)14)6-8-4-5-15-7-8/h2-3,8,15H,4-7H2,1H3. The Hall–Kier alpha value is -0.610. The molecule has 1 aliphatic rings. The summed E-state index contributed by atoms with van der Waals surface area (Å²) >= 11 is 3.40. The van der Waals surface area contributed by atoms with E-state index in [1.54, 1.807) is 6.07 Å². The Bertz CT molecular complexity index is 378. The number of hydrogen-bond donors (Lipinski definition) is 1. The fourth-order valence-corrected chi connectivity index (χ4v) is 2.57. The lowest BCUT2D eigenvalue weighted by molar-refractivity contribution is 0.382. The van der Waals surface area contributed by atoms with Crippen LogP contribution in [0, 0.1) is 11.7 Å². The molecule has 1 fully saturated rings. The van der Waals surface area contributed by atoms with Gasteiger partial charge < -0.3 is 10.1 Å². The molecule has 1 aromatic carbocycles. The van der Waals surface area contributed by atoms with Crippen LogP contribution in [0.2, 0.25) is 0 Å².